The van der Waals surface area contributed by atoms with Crippen molar-refractivity contribution in [1.29, 1.82) is 0 Å². The molecule has 66 valence electrons. The minimum absolute atomic E-state index is 0.607. The molecule has 1 nitrogen and oxygen atoms in total. The Balaban J connectivity index is 2.68. The number of pyridine rings is 1. The topological polar surface area (TPSA) is 12.9 Å². The van der Waals surface area contributed by atoms with Crippen molar-refractivity contribution < 1.29 is 0 Å². The maximum Gasteiger partial charge on any atom is 0.0431 e. The van der Waals surface area contributed by atoms with E-state index < -0.39 is 0 Å². The van der Waals surface area contributed by atoms with Gasteiger partial charge in [-0.25, -0.2) is 0 Å². The Bertz CT molecular complexity index is 225. The minimum Gasteiger partial charge on any atom is -0.261 e. The van der Waals surface area contributed by atoms with E-state index >= 15 is 0 Å². The fourth-order valence-corrected chi connectivity index (χ4v) is 1.35. The summed E-state index contributed by atoms with van der Waals surface area (Å²) in [6.07, 6.45) is 4.41. The SMILES string of the molecule is CCCC(C)c1ccc(C)cn1. The lowest BCUT2D eigenvalue weighted by molar-refractivity contribution is 0.647. The lowest BCUT2D eigenvalue weighted by Crippen LogP contribution is -1.96. The summed E-state index contributed by atoms with van der Waals surface area (Å²) in [6.45, 7) is 6.52. The maximum atomic E-state index is 4.40. The smallest absolute Gasteiger partial charge is 0.0431 e. The first-order chi connectivity index (χ1) is 5.74. The highest BCUT2D eigenvalue weighted by atomic mass is 14.7. The Morgan fingerprint density at radius 3 is 2.67 bits per heavy atom. The van der Waals surface area contributed by atoms with Gasteiger partial charge in [-0.1, -0.05) is 26.3 Å². The van der Waals surface area contributed by atoms with Crippen molar-refractivity contribution in [3.8, 4) is 0 Å². The molecule has 0 amide bonds. The van der Waals surface area contributed by atoms with E-state index in [9.17, 15) is 0 Å². The normalized spacial score (nSPS) is 12.9. The molecule has 1 atom stereocenters. The van der Waals surface area contributed by atoms with Crippen molar-refractivity contribution >= 4 is 0 Å². The van der Waals surface area contributed by atoms with Crippen LogP contribution >= 0.6 is 0 Å². The molecule has 12 heavy (non-hydrogen) atoms. The summed E-state index contributed by atoms with van der Waals surface area (Å²) >= 11 is 0. The number of aryl methyl sites for hydroxylation is 1. The monoisotopic (exact) mass is 163 g/mol. The molecule has 1 aromatic heterocycles. The van der Waals surface area contributed by atoms with Crippen molar-refractivity contribution in [3.05, 3.63) is 29.6 Å². The standard InChI is InChI=1S/C11H17N/c1-4-5-10(3)11-7-6-9(2)8-12-11/h6-8,10H,4-5H2,1-3H3. The van der Waals surface area contributed by atoms with Crippen LogP contribution < -0.4 is 0 Å². The predicted molar refractivity (Wildman–Crippen MR) is 52.3 cm³/mol. The fourth-order valence-electron chi connectivity index (χ4n) is 1.35. The van der Waals surface area contributed by atoms with Gasteiger partial charge in [0.1, 0.15) is 0 Å². The highest BCUT2D eigenvalue weighted by Gasteiger charge is 2.03. The van der Waals surface area contributed by atoms with Gasteiger partial charge in [-0.2, -0.15) is 0 Å². The molecule has 0 spiro atoms. The van der Waals surface area contributed by atoms with E-state index in [2.05, 4.69) is 37.9 Å². The number of nitrogens with zero attached hydrogens (tertiary/aromatic N) is 1. The average molecular weight is 163 g/mol. The lowest BCUT2D eigenvalue weighted by Gasteiger charge is -2.08. The minimum atomic E-state index is 0.607. The van der Waals surface area contributed by atoms with Gasteiger partial charge in [0, 0.05) is 11.9 Å². The summed E-state index contributed by atoms with van der Waals surface area (Å²) < 4.78 is 0. The third-order valence-corrected chi connectivity index (χ3v) is 2.16. The molecule has 0 radical (unpaired) electrons. The summed E-state index contributed by atoms with van der Waals surface area (Å²) in [7, 11) is 0. The molecule has 1 rings (SSSR count). The van der Waals surface area contributed by atoms with Crippen LogP contribution in [0.3, 0.4) is 0 Å². The Labute approximate surface area is 74.8 Å². The van der Waals surface area contributed by atoms with Crippen LogP contribution in [0.5, 0.6) is 0 Å². The van der Waals surface area contributed by atoms with E-state index in [0.717, 1.165) is 0 Å². The Kier molecular flexibility index (Phi) is 3.27. The summed E-state index contributed by atoms with van der Waals surface area (Å²) in [5.41, 5.74) is 2.46. The predicted octanol–water partition coefficient (Wildman–Crippen LogP) is 3.29. The van der Waals surface area contributed by atoms with Crippen LogP contribution in [0, 0.1) is 6.92 Å². The van der Waals surface area contributed by atoms with Crippen LogP contribution in [0.1, 0.15) is 43.9 Å². The lowest BCUT2D eigenvalue weighted by atomic mass is 10.0. The van der Waals surface area contributed by atoms with Crippen LogP contribution in [0.15, 0.2) is 18.3 Å². The van der Waals surface area contributed by atoms with E-state index in [1.54, 1.807) is 0 Å². The summed E-state index contributed by atoms with van der Waals surface area (Å²) in [5.74, 6) is 0.607. The molecular weight excluding hydrogens is 146 g/mol. The van der Waals surface area contributed by atoms with Gasteiger partial charge >= 0.3 is 0 Å². The first-order valence-corrected chi connectivity index (χ1v) is 4.66. The Hall–Kier alpha value is -0.850. The molecule has 1 heteroatoms. The zero-order valence-corrected chi connectivity index (χ0v) is 8.17. The molecule has 0 N–H and O–H groups in total. The molecule has 0 saturated carbocycles. The van der Waals surface area contributed by atoms with Crippen molar-refractivity contribution in [3.63, 3.8) is 0 Å². The first kappa shape index (κ1) is 9.24. The molecule has 1 unspecified atom stereocenters. The summed E-state index contributed by atoms with van der Waals surface area (Å²) in [5, 5.41) is 0. The van der Waals surface area contributed by atoms with Gasteiger partial charge in [-0.05, 0) is 30.9 Å². The van der Waals surface area contributed by atoms with E-state index in [-0.39, 0.29) is 0 Å². The zero-order valence-electron chi connectivity index (χ0n) is 8.17. The van der Waals surface area contributed by atoms with Crippen LogP contribution in [0.25, 0.3) is 0 Å². The molecule has 0 aliphatic rings. The number of hydrogen-bond donors (Lipinski definition) is 0. The maximum absolute atomic E-state index is 4.40. The molecule has 0 aliphatic carbocycles. The van der Waals surface area contributed by atoms with E-state index in [1.165, 1.54) is 24.1 Å². The fraction of sp³-hybridized carbons (Fsp3) is 0.545. The van der Waals surface area contributed by atoms with Gasteiger partial charge in [-0.3, -0.25) is 4.98 Å². The van der Waals surface area contributed by atoms with Crippen molar-refractivity contribution in [2.24, 2.45) is 0 Å². The van der Waals surface area contributed by atoms with E-state index in [1.807, 2.05) is 6.20 Å². The van der Waals surface area contributed by atoms with Crippen LogP contribution in [0.4, 0.5) is 0 Å². The van der Waals surface area contributed by atoms with Crippen molar-refractivity contribution in [2.75, 3.05) is 0 Å². The van der Waals surface area contributed by atoms with Gasteiger partial charge < -0.3 is 0 Å². The van der Waals surface area contributed by atoms with E-state index in [4.69, 9.17) is 0 Å². The highest BCUT2D eigenvalue weighted by Crippen LogP contribution is 2.17. The molecule has 1 heterocycles. The molecule has 1 aromatic rings. The van der Waals surface area contributed by atoms with Crippen LogP contribution in [-0.2, 0) is 0 Å². The molecule has 0 aliphatic heterocycles. The second-order valence-electron chi connectivity index (χ2n) is 3.45. The van der Waals surface area contributed by atoms with Crippen molar-refractivity contribution in [1.82, 2.24) is 4.98 Å². The highest BCUT2D eigenvalue weighted by molar-refractivity contribution is 5.14. The summed E-state index contributed by atoms with van der Waals surface area (Å²) in [4.78, 5) is 4.40. The third kappa shape index (κ3) is 2.33. The number of rotatable bonds is 3. The molecule has 0 bridgehead atoms. The third-order valence-electron chi connectivity index (χ3n) is 2.16. The van der Waals surface area contributed by atoms with Gasteiger partial charge in [0.15, 0.2) is 0 Å². The van der Waals surface area contributed by atoms with Crippen LogP contribution in [-0.4, -0.2) is 4.98 Å². The second kappa shape index (κ2) is 4.24. The number of hydrogen-bond acceptors (Lipinski definition) is 1. The largest absolute Gasteiger partial charge is 0.261 e. The zero-order chi connectivity index (χ0) is 8.97. The molecule has 0 fully saturated rings. The molecule has 0 saturated heterocycles. The quantitative estimate of drug-likeness (QED) is 0.666. The van der Waals surface area contributed by atoms with E-state index in [0.29, 0.717) is 5.92 Å². The molecule has 0 aromatic carbocycles. The van der Waals surface area contributed by atoms with Gasteiger partial charge in [0.2, 0.25) is 0 Å². The van der Waals surface area contributed by atoms with Crippen molar-refractivity contribution in [2.45, 2.75) is 39.5 Å². The Morgan fingerprint density at radius 2 is 2.17 bits per heavy atom. The average Bonchev–Trinajstić information content (AvgIpc) is 2.06. The first-order valence-electron chi connectivity index (χ1n) is 4.66. The second-order valence-corrected chi connectivity index (χ2v) is 3.45. The Morgan fingerprint density at radius 1 is 1.42 bits per heavy atom. The van der Waals surface area contributed by atoms with Gasteiger partial charge in [0.25, 0.3) is 0 Å². The van der Waals surface area contributed by atoms with Gasteiger partial charge in [-0.15, -0.1) is 0 Å². The number of aromatic nitrogens is 1. The molecular formula is C11H17N. The summed E-state index contributed by atoms with van der Waals surface area (Å²) in [6, 6.07) is 4.27. The van der Waals surface area contributed by atoms with Gasteiger partial charge in [0.05, 0.1) is 0 Å². The van der Waals surface area contributed by atoms with Crippen LogP contribution in [0.2, 0.25) is 0 Å².